The van der Waals surface area contributed by atoms with Crippen LogP contribution in [0.1, 0.15) is 5.56 Å². The van der Waals surface area contributed by atoms with E-state index in [0.29, 0.717) is 0 Å². The van der Waals surface area contributed by atoms with E-state index in [2.05, 4.69) is 39.8 Å². The van der Waals surface area contributed by atoms with Gasteiger partial charge >= 0.3 is 0 Å². The molecule has 2 nitrogen and oxygen atoms in total. The summed E-state index contributed by atoms with van der Waals surface area (Å²) in [6.45, 7) is 0. The van der Waals surface area contributed by atoms with Crippen LogP contribution in [-0.2, 0) is 5.75 Å². The normalized spacial score (nSPS) is 11.0. The Morgan fingerprint density at radius 3 is 2.94 bits per heavy atom. The summed E-state index contributed by atoms with van der Waals surface area (Å²) in [6, 6.07) is 10.5. The number of aromatic nitrogens is 2. The fourth-order valence-corrected chi connectivity index (χ4v) is 3.11. The lowest BCUT2D eigenvalue weighted by Gasteiger charge is -1.97. The number of fused-ring (bicyclic) bond motifs is 1. The second kappa shape index (κ2) is 4.31. The van der Waals surface area contributed by atoms with Crippen LogP contribution in [0.2, 0.25) is 0 Å². The van der Waals surface area contributed by atoms with E-state index in [9.17, 15) is 0 Å². The van der Waals surface area contributed by atoms with E-state index in [4.69, 9.17) is 0 Å². The number of benzene rings is 1. The molecular weight excluding hydrogens is 236 g/mol. The van der Waals surface area contributed by atoms with Crippen molar-refractivity contribution >= 4 is 28.1 Å². The van der Waals surface area contributed by atoms with Crippen molar-refractivity contribution in [1.82, 2.24) is 9.38 Å². The molecule has 2 aromatic heterocycles. The van der Waals surface area contributed by atoms with Gasteiger partial charge in [0.15, 0.2) is 4.96 Å². The molecule has 1 aromatic carbocycles. The lowest BCUT2D eigenvalue weighted by molar-refractivity contribution is 1.20. The highest BCUT2D eigenvalue weighted by molar-refractivity contribution is 7.98. The van der Waals surface area contributed by atoms with Crippen LogP contribution in [0, 0.1) is 0 Å². The molecular formula is C12H10N2S2. The highest BCUT2D eigenvalue weighted by Crippen LogP contribution is 2.23. The second-order valence-corrected chi connectivity index (χ2v) is 5.31. The van der Waals surface area contributed by atoms with Crippen molar-refractivity contribution in [2.75, 3.05) is 0 Å². The molecule has 0 spiro atoms. The third kappa shape index (κ3) is 1.99. The van der Waals surface area contributed by atoms with Crippen LogP contribution in [0.3, 0.4) is 0 Å². The Labute approximate surface area is 102 Å². The molecule has 0 aliphatic rings. The first-order valence-electron chi connectivity index (χ1n) is 5.01. The molecule has 0 bridgehead atoms. The minimum Gasteiger partial charge on any atom is -0.297 e. The third-order valence-corrected chi connectivity index (χ3v) is 4.04. The van der Waals surface area contributed by atoms with Gasteiger partial charge in [-0.1, -0.05) is 30.3 Å². The monoisotopic (exact) mass is 246 g/mol. The predicted molar refractivity (Wildman–Crippen MR) is 69.1 cm³/mol. The van der Waals surface area contributed by atoms with Crippen molar-refractivity contribution in [2.24, 2.45) is 0 Å². The second-order valence-electron chi connectivity index (χ2n) is 3.45. The summed E-state index contributed by atoms with van der Waals surface area (Å²) < 4.78 is 2.07. The zero-order valence-corrected chi connectivity index (χ0v) is 10.2. The molecule has 80 valence electrons. The van der Waals surface area contributed by atoms with E-state index in [0.717, 1.165) is 15.7 Å². The molecule has 0 unspecified atom stereocenters. The Morgan fingerprint density at radius 1 is 1.25 bits per heavy atom. The van der Waals surface area contributed by atoms with Gasteiger partial charge in [-0.2, -0.15) is 0 Å². The van der Waals surface area contributed by atoms with Gasteiger partial charge in [-0.15, -0.1) is 23.1 Å². The van der Waals surface area contributed by atoms with E-state index in [-0.39, 0.29) is 0 Å². The molecule has 0 radical (unpaired) electrons. The summed E-state index contributed by atoms with van der Waals surface area (Å²) >= 11 is 3.45. The maximum Gasteiger partial charge on any atom is 0.194 e. The molecule has 0 N–H and O–H groups in total. The van der Waals surface area contributed by atoms with E-state index in [1.54, 1.807) is 23.1 Å². The van der Waals surface area contributed by atoms with Gasteiger partial charge in [0.1, 0.15) is 5.03 Å². The van der Waals surface area contributed by atoms with Gasteiger partial charge in [0.05, 0.1) is 0 Å². The molecule has 0 atom stereocenters. The van der Waals surface area contributed by atoms with Gasteiger partial charge in [0, 0.05) is 23.5 Å². The van der Waals surface area contributed by atoms with Crippen LogP contribution in [0.4, 0.5) is 0 Å². The van der Waals surface area contributed by atoms with Crippen LogP contribution < -0.4 is 0 Å². The Morgan fingerprint density at radius 2 is 2.12 bits per heavy atom. The lowest BCUT2D eigenvalue weighted by atomic mass is 10.2. The third-order valence-electron chi connectivity index (χ3n) is 2.30. The van der Waals surface area contributed by atoms with Gasteiger partial charge in [0.25, 0.3) is 0 Å². The van der Waals surface area contributed by atoms with E-state index >= 15 is 0 Å². The molecule has 16 heavy (non-hydrogen) atoms. The summed E-state index contributed by atoms with van der Waals surface area (Å²) in [4.78, 5) is 5.60. The molecule has 0 saturated heterocycles. The van der Waals surface area contributed by atoms with Crippen molar-refractivity contribution in [3.05, 3.63) is 53.7 Å². The minimum absolute atomic E-state index is 0.978. The molecule has 0 aliphatic heterocycles. The average molecular weight is 246 g/mol. The number of hydrogen-bond donors (Lipinski definition) is 0. The lowest BCUT2D eigenvalue weighted by Crippen LogP contribution is -1.78. The number of nitrogens with zero attached hydrogens (tertiary/aromatic N) is 2. The van der Waals surface area contributed by atoms with Gasteiger partial charge in [-0.05, 0) is 5.56 Å². The Hall–Kier alpha value is -1.26. The van der Waals surface area contributed by atoms with Crippen LogP contribution in [0.5, 0.6) is 0 Å². The van der Waals surface area contributed by atoms with Gasteiger partial charge in [-0.25, -0.2) is 4.98 Å². The molecule has 0 aliphatic carbocycles. The first-order chi connectivity index (χ1) is 7.92. The summed E-state index contributed by atoms with van der Waals surface area (Å²) in [5.41, 5.74) is 1.34. The van der Waals surface area contributed by atoms with Crippen molar-refractivity contribution in [2.45, 2.75) is 10.8 Å². The smallest absolute Gasteiger partial charge is 0.194 e. The molecule has 0 amide bonds. The Balaban J connectivity index is 1.74. The topological polar surface area (TPSA) is 17.3 Å². The number of thioether (sulfide) groups is 1. The summed E-state index contributed by atoms with van der Waals surface area (Å²) in [5.74, 6) is 0.978. The van der Waals surface area contributed by atoms with Gasteiger partial charge in [-0.3, -0.25) is 4.40 Å². The van der Waals surface area contributed by atoms with E-state index in [1.165, 1.54) is 5.56 Å². The Bertz CT molecular complexity index is 555. The quantitative estimate of drug-likeness (QED) is 0.656. The van der Waals surface area contributed by atoms with Crippen molar-refractivity contribution in [3.63, 3.8) is 0 Å². The van der Waals surface area contributed by atoms with Gasteiger partial charge in [0.2, 0.25) is 0 Å². The van der Waals surface area contributed by atoms with Crippen LogP contribution >= 0.6 is 23.1 Å². The van der Waals surface area contributed by atoms with Crippen LogP contribution in [0.25, 0.3) is 4.96 Å². The zero-order valence-electron chi connectivity index (χ0n) is 8.54. The van der Waals surface area contributed by atoms with Crippen LogP contribution in [-0.4, -0.2) is 9.38 Å². The highest BCUT2D eigenvalue weighted by Gasteiger charge is 2.02. The minimum atomic E-state index is 0.978. The predicted octanol–water partition coefficient (Wildman–Crippen LogP) is 3.69. The maximum atomic E-state index is 4.53. The molecule has 3 aromatic rings. The van der Waals surface area contributed by atoms with Gasteiger partial charge < -0.3 is 0 Å². The first-order valence-corrected chi connectivity index (χ1v) is 6.87. The largest absolute Gasteiger partial charge is 0.297 e. The molecule has 3 rings (SSSR count). The fraction of sp³-hybridized carbons (Fsp3) is 0.0833. The first kappa shape index (κ1) is 9.93. The van der Waals surface area contributed by atoms with Crippen molar-refractivity contribution in [1.29, 1.82) is 0 Å². The summed E-state index contributed by atoms with van der Waals surface area (Å²) in [7, 11) is 0. The molecule has 4 heteroatoms. The summed E-state index contributed by atoms with van der Waals surface area (Å²) in [5, 5.41) is 3.14. The number of rotatable bonds is 3. The molecule has 0 fully saturated rings. The van der Waals surface area contributed by atoms with Crippen molar-refractivity contribution in [3.8, 4) is 0 Å². The molecule has 2 heterocycles. The van der Waals surface area contributed by atoms with Crippen molar-refractivity contribution < 1.29 is 0 Å². The maximum absolute atomic E-state index is 4.53. The van der Waals surface area contributed by atoms with Crippen LogP contribution in [0.15, 0.2) is 53.1 Å². The van der Waals surface area contributed by atoms with E-state index < -0.39 is 0 Å². The SMILES string of the molecule is c1ccc(CSc2cn3ccsc3n2)cc1. The summed E-state index contributed by atoms with van der Waals surface area (Å²) in [6.07, 6.45) is 4.12. The highest BCUT2D eigenvalue weighted by atomic mass is 32.2. The number of hydrogen-bond acceptors (Lipinski definition) is 3. The number of thiazole rings is 1. The average Bonchev–Trinajstić information content (AvgIpc) is 2.88. The molecule has 0 saturated carbocycles. The fourth-order valence-electron chi connectivity index (χ4n) is 1.51. The standard InChI is InChI=1S/C12H10N2S2/c1-2-4-10(5-3-1)9-16-11-8-14-6-7-15-12(14)13-11/h1-8H,9H2. The van der Waals surface area contributed by atoms with E-state index in [1.807, 2.05) is 17.6 Å². The Kier molecular flexibility index (Phi) is 2.68. The number of imidazole rings is 1. The zero-order chi connectivity index (χ0) is 10.8.